The van der Waals surface area contributed by atoms with Crippen LogP contribution in [0.25, 0.3) is 0 Å². The lowest BCUT2D eigenvalue weighted by molar-refractivity contribution is -0.147. The van der Waals surface area contributed by atoms with Crippen LogP contribution in [-0.2, 0) is 16.1 Å². The second kappa shape index (κ2) is 5.43. The van der Waals surface area contributed by atoms with Crippen LogP contribution in [0.1, 0.15) is 19.4 Å². The summed E-state index contributed by atoms with van der Waals surface area (Å²) in [5, 5.41) is 0. The number of carbonyl (C=O) groups excluding carboxylic acids is 1. The first kappa shape index (κ1) is 13.6. The molecule has 1 fully saturated rings. The van der Waals surface area contributed by atoms with Gasteiger partial charge in [-0.15, -0.1) is 0 Å². The van der Waals surface area contributed by atoms with Crippen molar-refractivity contribution in [2.45, 2.75) is 20.5 Å². The SMILES string of the molecule is C=C/C=C/[C@@H]1[C@@H](C(=O)OCc2ccccc2)C1(C)C. The molecular weight excluding hydrogens is 236 g/mol. The highest BCUT2D eigenvalue weighted by Crippen LogP contribution is 2.59. The lowest BCUT2D eigenvalue weighted by Crippen LogP contribution is -2.10. The average Bonchev–Trinajstić information content (AvgIpc) is 2.96. The highest BCUT2D eigenvalue weighted by Gasteiger charge is 2.61. The topological polar surface area (TPSA) is 26.3 Å². The predicted molar refractivity (Wildman–Crippen MR) is 76.3 cm³/mol. The van der Waals surface area contributed by atoms with Gasteiger partial charge in [0.2, 0.25) is 0 Å². The van der Waals surface area contributed by atoms with Crippen LogP contribution in [0, 0.1) is 17.3 Å². The van der Waals surface area contributed by atoms with Gasteiger partial charge < -0.3 is 4.74 Å². The van der Waals surface area contributed by atoms with Crippen molar-refractivity contribution in [2.75, 3.05) is 0 Å². The molecule has 1 aromatic carbocycles. The van der Waals surface area contributed by atoms with Crippen LogP contribution in [-0.4, -0.2) is 5.97 Å². The summed E-state index contributed by atoms with van der Waals surface area (Å²) in [6.45, 7) is 8.20. The number of rotatable bonds is 5. The lowest BCUT2D eigenvalue weighted by Gasteiger charge is -2.05. The molecule has 1 saturated carbocycles. The van der Waals surface area contributed by atoms with Gasteiger partial charge in [-0.3, -0.25) is 4.79 Å². The van der Waals surface area contributed by atoms with E-state index in [9.17, 15) is 4.79 Å². The molecule has 0 radical (unpaired) electrons. The Morgan fingerprint density at radius 3 is 2.68 bits per heavy atom. The first-order valence-corrected chi connectivity index (χ1v) is 6.57. The van der Waals surface area contributed by atoms with E-state index in [0.29, 0.717) is 6.61 Å². The molecule has 0 bridgehead atoms. The zero-order chi connectivity index (χ0) is 13.9. The van der Waals surface area contributed by atoms with Crippen molar-refractivity contribution in [1.82, 2.24) is 0 Å². The van der Waals surface area contributed by atoms with Gasteiger partial charge in [0.05, 0.1) is 5.92 Å². The Hall–Kier alpha value is -1.83. The van der Waals surface area contributed by atoms with E-state index in [1.54, 1.807) is 6.08 Å². The third-order valence-electron chi connectivity index (χ3n) is 3.84. The smallest absolute Gasteiger partial charge is 0.310 e. The minimum atomic E-state index is -0.104. The zero-order valence-electron chi connectivity index (χ0n) is 11.5. The molecule has 0 amide bonds. The Bertz CT molecular complexity index is 485. The van der Waals surface area contributed by atoms with Gasteiger partial charge in [-0.2, -0.15) is 0 Å². The number of allylic oxidation sites excluding steroid dienone is 3. The second-order valence-electron chi connectivity index (χ2n) is 5.54. The molecule has 1 aromatic rings. The van der Waals surface area contributed by atoms with Gasteiger partial charge in [-0.25, -0.2) is 0 Å². The molecule has 1 aliphatic carbocycles. The summed E-state index contributed by atoms with van der Waals surface area (Å²) in [6.07, 6.45) is 5.68. The van der Waals surface area contributed by atoms with Gasteiger partial charge in [0, 0.05) is 0 Å². The van der Waals surface area contributed by atoms with Crippen LogP contribution in [0.3, 0.4) is 0 Å². The van der Waals surface area contributed by atoms with Crippen molar-refractivity contribution in [2.24, 2.45) is 17.3 Å². The monoisotopic (exact) mass is 256 g/mol. The van der Waals surface area contributed by atoms with E-state index in [2.05, 4.69) is 20.4 Å². The molecule has 1 aliphatic rings. The van der Waals surface area contributed by atoms with Crippen molar-refractivity contribution in [3.8, 4) is 0 Å². The van der Waals surface area contributed by atoms with Crippen LogP contribution >= 0.6 is 0 Å². The van der Waals surface area contributed by atoms with Gasteiger partial charge in [0.15, 0.2) is 0 Å². The summed E-state index contributed by atoms with van der Waals surface area (Å²) in [4.78, 5) is 12.1. The van der Waals surface area contributed by atoms with Crippen molar-refractivity contribution in [3.05, 3.63) is 60.7 Å². The van der Waals surface area contributed by atoms with E-state index >= 15 is 0 Å². The molecular formula is C17H20O2. The third kappa shape index (κ3) is 2.95. The maximum Gasteiger partial charge on any atom is 0.310 e. The maximum atomic E-state index is 12.1. The van der Waals surface area contributed by atoms with Gasteiger partial charge in [-0.1, -0.05) is 69.0 Å². The van der Waals surface area contributed by atoms with E-state index in [4.69, 9.17) is 4.74 Å². The van der Waals surface area contributed by atoms with Gasteiger partial charge in [-0.05, 0) is 16.9 Å². The molecule has 0 N–H and O–H groups in total. The van der Waals surface area contributed by atoms with E-state index in [1.807, 2.05) is 42.5 Å². The predicted octanol–water partition coefficient (Wildman–Crippen LogP) is 3.74. The summed E-state index contributed by atoms with van der Waals surface area (Å²) < 4.78 is 5.40. The molecule has 2 nitrogen and oxygen atoms in total. The molecule has 0 heterocycles. The summed E-state index contributed by atoms with van der Waals surface area (Å²) >= 11 is 0. The fourth-order valence-corrected chi connectivity index (χ4v) is 2.50. The normalized spacial score (nSPS) is 24.1. The maximum absolute atomic E-state index is 12.1. The molecule has 2 heteroatoms. The van der Waals surface area contributed by atoms with Crippen LogP contribution in [0.2, 0.25) is 0 Å². The fourth-order valence-electron chi connectivity index (χ4n) is 2.50. The minimum absolute atomic E-state index is 0.00667. The Kier molecular flexibility index (Phi) is 3.89. The van der Waals surface area contributed by atoms with Crippen molar-refractivity contribution >= 4 is 5.97 Å². The quantitative estimate of drug-likeness (QED) is 0.592. The van der Waals surface area contributed by atoms with E-state index in [0.717, 1.165) is 5.56 Å². The molecule has 0 unspecified atom stereocenters. The van der Waals surface area contributed by atoms with E-state index in [-0.39, 0.29) is 23.2 Å². The third-order valence-corrected chi connectivity index (χ3v) is 3.84. The van der Waals surface area contributed by atoms with Crippen molar-refractivity contribution < 1.29 is 9.53 Å². The highest BCUT2D eigenvalue weighted by atomic mass is 16.5. The number of hydrogen-bond acceptors (Lipinski definition) is 2. The second-order valence-corrected chi connectivity index (χ2v) is 5.54. The summed E-state index contributed by atoms with van der Waals surface area (Å²) in [7, 11) is 0. The summed E-state index contributed by atoms with van der Waals surface area (Å²) in [6, 6.07) is 9.76. The molecule has 19 heavy (non-hydrogen) atoms. The number of hydrogen-bond donors (Lipinski definition) is 0. The standard InChI is InChI=1S/C17H20O2/c1-4-5-11-14-15(17(14,2)3)16(18)19-12-13-9-7-6-8-10-13/h4-11,14-15H,1,12H2,2-3H3/b11-5+/t14-,15+/m1/s1. The largest absolute Gasteiger partial charge is 0.461 e. The van der Waals surface area contributed by atoms with Crippen LogP contribution < -0.4 is 0 Å². The van der Waals surface area contributed by atoms with Crippen LogP contribution in [0.4, 0.5) is 0 Å². The Balaban J connectivity index is 1.91. The van der Waals surface area contributed by atoms with Crippen LogP contribution in [0.5, 0.6) is 0 Å². The van der Waals surface area contributed by atoms with Crippen molar-refractivity contribution in [1.29, 1.82) is 0 Å². The minimum Gasteiger partial charge on any atom is -0.461 e. The lowest BCUT2D eigenvalue weighted by atomic mass is 10.1. The van der Waals surface area contributed by atoms with E-state index < -0.39 is 0 Å². The average molecular weight is 256 g/mol. The number of ether oxygens (including phenoxy) is 1. The molecule has 2 atom stereocenters. The Labute approximate surface area is 114 Å². The first-order valence-electron chi connectivity index (χ1n) is 6.57. The Morgan fingerprint density at radius 2 is 2.05 bits per heavy atom. The summed E-state index contributed by atoms with van der Waals surface area (Å²) in [5.41, 5.74) is 1.01. The van der Waals surface area contributed by atoms with Crippen molar-refractivity contribution in [3.63, 3.8) is 0 Å². The van der Waals surface area contributed by atoms with E-state index in [1.165, 1.54) is 0 Å². The molecule has 2 rings (SSSR count). The number of carbonyl (C=O) groups is 1. The Morgan fingerprint density at radius 1 is 1.37 bits per heavy atom. The van der Waals surface area contributed by atoms with Crippen LogP contribution in [0.15, 0.2) is 55.1 Å². The van der Waals surface area contributed by atoms with Gasteiger partial charge >= 0.3 is 5.97 Å². The van der Waals surface area contributed by atoms with Gasteiger partial charge in [0.1, 0.15) is 6.61 Å². The zero-order valence-corrected chi connectivity index (χ0v) is 11.5. The molecule has 0 aromatic heterocycles. The first-order chi connectivity index (χ1) is 9.07. The summed E-state index contributed by atoms with van der Waals surface area (Å²) in [5.74, 6) is 0.119. The molecule has 0 aliphatic heterocycles. The molecule has 0 saturated heterocycles. The van der Waals surface area contributed by atoms with Gasteiger partial charge in [0.25, 0.3) is 0 Å². The molecule has 100 valence electrons. The highest BCUT2D eigenvalue weighted by molar-refractivity contribution is 5.78. The molecule has 0 spiro atoms. The number of benzene rings is 1. The fraction of sp³-hybridized carbons (Fsp3) is 0.353. The number of esters is 1.